The molecule has 0 spiro atoms. The molecule has 0 radical (unpaired) electrons. The molecule has 0 aliphatic heterocycles. The van der Waals surface area contributed by atoms with Crippen LogP contribution in [0.3, 0.4) is 0 Å². The van der Waals surface area contributed by atoms with Gasteiger partial charge >= 0.3 is 0 Å². The van der Waals surface area contributed by atoms with Crippen LogP contribution in [0, 0.1) is 5.82 Å². The molecule has 0 saturated heterocycles. The molecule has 30 heavy (non-hydrogen) atoms. The number of aliphatic hydroxyl groups excluding tert-OH is 1. The maximum absolute atomic E-state index is 13.5. The molecule has 0 aliphatic rings. The Balaban J connectivity index is 2.07. The van der Waals surface area contributed by atoms with Gasteiger partial charge in [0.2, 0.25) is 0 Å². The standard InChI is InChI=1S/C26H30FNOS/c1-17(2)22-13-23(19-8-10-20(27)11-9-19)24(14-29)26(18(3)4)25(22)16-30-15-21-7-5-6-12-28-21/h5-13,17-18,29H,14-16H2,1-4H3. The molecule has 4 heteroatoms. The van der Waals surface area contributed by atoms with E-state index in [4.69, 9.17) is 0 Å². The van der Waals surface area contributed by atoms with Crippen molar-refractivity contribution in [2.75, 3.05) is 0 Å². The molecule has 158 valence electrons. The largest absolute Gasteiger partial charge is 0.392 e. The summed E-state index contributed by atoms with van der Waals surface area (Å²) in [4.78, 5) is 4.43. The monoisotopic (exact) mass is 423 g/mol. The highest BCUT2D eigenvalue weighted by Gasteiger charge is 2.22. The lowest BCUT2D eigenvalue weighted by Gasteiger charge is -2.26. The number of benzene rings is 2. The van der Waals surface area contributed by atoms with Crippen molar-refractivity contribution in [1.29, 1.82) is 0 Å². The Bertz CT molecular complexity index is 969. The first kappa shape index (κ1) is 22.5. The van der Waals surface area contributed by atoms with Crippen LogP contribution in [0.1, 0.15) is 67.5 Å². The second kappa shape index (κ2) is 10.2. The SMILES string of the molecule is CC(C)c1cc(-c2ccc(F)cc2)c(CO)c(C(C)C)c1CSCc1ccccn1. The lowest BCUT2D eigenvalue weighted by molar-refractivity contribution is 0.280. The summed E-state index contributed by atoms with van der Waals surface area (Å²) in [6, 6.07) is 14.8. The highest BCUT2D eigenvalue weighted by Crippen LogP contribution is 2.39. The van der Waals surface area contributed by atoms with E-state index in [9.17, 15) is 9.50 Å². The van der Waals surface area contributed by atoms with Gasteiger partial charge < -0.3 is 5.11 Å². The molecule has 2 aromatic carbocycles. The smallest absolute Gasteiger partial charge is 0.123 e. The molecule has 0 atom stereocenters. The van der Waals surface area contributed by atoms with Crippen molar-refractivity contribution in [2.24, 2.45) is 0 Å². The summed E-state index contributed by atoms with van der Waals surface area (Å²) in [5, 5.41) is 10.3. The zero-order valence-electron chi connectivity index (χ0n) is 18.2. The summed E-state index contributed by atoms with van der Waals surface area (Å²) in [5.41, 5.74) is 7.80. The van der Waals surface area contributed by atoms with E-state index in [1.54, 1.807) is 12.1 Å². The minimum Gasteiger partial charge on any atom is -0.392 e. The van der Waals surface area contributed by atoms with Gasteiger partial charge in [0.15, 0.2) is 0 Å². The molecule has 0 fully saturated rings. The van der Waals surface area contributed by atoms with Crippen molar-refractivity contribution in [3.63, 3.8) is 0 Å². The first-order chi connectivity index (χ1) is 14.4. The van der Waals surface area contributed by atoms with E-state index in [0.29, 0.717) is 5.92 Å². The van der Waals surface area contributed by atoms with Crippen molar-refractivity contribution in [2.45, 2.75) is 57.6 Å². The highest BCUT2D eigenvalue weighted by atomic mass is 32.2. The van der Waals surface area contributed by atoms with E-state index in [1.807, 2.05) is 30.1 Å². The second-order valence-electron chi connectivity index (χ2n) is 8.17. The Morgan fingerprint density at radius 1 is 0.933 bits per heavy atom. The van der Waals surface area contributed by atoms with Gasteiger partial charge in [-0.15, -0.1) is 0 Å². The lowest BCUT2D eigenvalue weighted by Crippen LogP contribution is -2.09. The molecule has 0 amide bonds. The van der Waals surface area contributed by atoms with E-state index in [0.717, 1.165) is 33.9 Å². The average Bonchev–Trinajstić information content (AvgIpc) is 2.74. The number of aliphatic hydroxyl groups is 1. The fraction of sp³-hybridized carbons (Fsp3) is 0.346. The Morgan fingerprint density at radius 2 is 1.67 bits per heavy atom. The Hall–Kier alpha value is -2.17. The summed E-state index contributed by atoms with van der Waals surface area (Å²) >= 11 is 1.85. The third-order valence-electron chi connectivity index (χ3n) is 5.36. The molecular weight excluding hydrogens is 393 g/mol. The zero-order valence-corrected chi connectivity index (χ0v) is 19.0. The first-order valence-corrected chi connectivity index (χ1v) is 11.6. The minimum absolute atomic E-state index is 0.0312. The van der Waals surface area contributed by atoms with Crippen LogP contribution in [-0.4, -0.2) is 10.1 Å². The van der Waals surface area contributed by atoms with Crippen LogP contribution in [0.15, 0.2) is 54.7 Å². The highest BCUT2D eigenvalue weighted by molar-refractivity contribution is 7.97. The topological polar surface area (TPSA) is 33.1 Å². The van der Waals surface area contributed by atoms with Gasteiger partial charge in [-0.25, -0.2) is 4.39 Å². The van der Waals surface area contributed by atoms with E-state index in [2.05, 4.69) is 44.8 Å². The molecule has 1 N–H and O–H groups in total. The van der Waals surface area contributed by atoms with Crippen LogP contribution in [-0.2, 0) is 18.1 Å². The molecule has 1 heterocycles. The molecule has 2 nitrogen and oxygen atoms in total. The van der Waals surface area contributed by atoms with Crippen LogP contribution in [0.2, 0.25) is 0 Å². The predicted octanol–water partition coefficient (Wildman–Crippen LogP) is 7.06. The number of rotatable bonds is 8. The third-order valence-corrected chi connectivity index (χ3v) is 6.35. The number of halogens is 1. The van der Waals surface area contributed by atoms with Gasteiger partial charge in [0.05, 0.1) is 12.3 Å². The van der Waals surface area contributed by atoms with Gasteiger partial charge in [-0.2, -0.15) is 11.8 Å². The molecule has 0 unspecified atom stereocenters. The number of aromatic nitrogens is 1. The molecular formula is C26H30FNOS. The number of nitrogens with zero attached hydrogens (tertiary/aromatic N) is 1. The average molecular weight is 424 g/mol. The lowest BCUT2D eigenvalue weighted by atomic mass is 9.82. The van der Waals surface area contributed by atoms with Gasteiger partial charge in [-0.1, -0.05) is 52.0 Å². The van der Waals surface area contributed by atoms with Gasteiger partial charge in [0.25, 0.3) is 0 Å². The number of hydrogen-bond donors (Lipinski definition) is 1. The van der Waals surface area contributed by atoms with Crippen LogP contribution >= 0.6 is 11.8 Å². The fourth-order valence-electron chi connectivity index (χ4n) is 3.98. The van der Waals surface area contributed by atoms with E-state index >= 15 is 0 Å². The van der Waals surface area contributed by atoms with Gasteiger partial charge in [-0.05, 0) is 69.5 Å². The fourth-order valence-corrected chi connectivity index (χ4v) is 4.99. The van der Waals surface area contributed by atoms with Crippen molar-refractivity contribution < 1.29 is 9.50 Å². The summed E-state index contributed by atoms with van der Waals surface area (Å²) in [7, 11) is 0. The van der Waals surface area contributed by atoms with Crippen molar-refractivity contribution >= 4 is 11.8 Å². The molecule has 0 aliphatic carbocycles. The summed E-state index contributed by atoms with van der Waals surface area (Å²) in [6.07, 6.45) is 1.83. The molecule has 1 aromatic heterocycles. The molecule has 3 aromatic rings. The minimum atomic E-state index is -0.250. The zero-order chi connectivity index (χ0) is 21.7. The summed E-state index contributed by atoms with van der Waals surface area (Å²) in [6.45, 7) is 8.75. The van der Waals surface area contributed by atoms with Crippen LogP contribution < -0.4 is 0 Å². The van der Waals surface area contributed by atoms with Crippen LogP contribution in [0.4, 0.5) is 4.39 Å². The van der Waals surface area contributed by atoms with Crippen molar-refractivity contribution in [3.05, 3.63) is 88.5 Å². The maximum Gasteiger partial charge on any atom is 0.123 e. The molecule has 0 bridgehead atoms. The second-order valence-corrected chi connectivity index (χ2v) is 9.16. The maximum atomic E-state index is 13.5. The van der Waals surface area contributed by atoms with Crippen molar-refractivity contribution in [1.82, 2.24) is 4.98 Å². The van der Waals surface area contributed by atoms with Gasteiger partial charge in [0, 0.05) is 17.7 Å². The Morgan fingerprint density at radius 3 is 2.23 bits per heavy atom. The molecule has 3 rings (SSSR count). The Kier molecular flexibility index (Phi) is 7.68. The quantitative estimate of drug-likeness (QED) is 0.421. The number of pyridine rings is 1. The summed E-state index contributed by atoms with van der Waals surface area (Å²) < 4.78 is 13.5. The number of thioether (sulfide) groups is 1. The Labute approximate surface area is 183 Å². The first-order valence-electron chi connectivity index (χ1n) is 10.4. The van der Waals surface area contributed by atoms with Crippen LogP contribution in [0.25, 0.3) is 11.1 Å². The van der Waals surface area contributed by atoms with Gasteiger partial charge in [-0.3, -0.25) is 4.98 Å². The van der Waals surface area contributed by atoms with Crippen LogP contribution in [0.5, 0.6) is 0 Å². The predicted molar refractivity (Wildman–Crippen MR) is 125 cm³/mol. The van der Waals surface area contributed by atoms with E-state index in [-0.39, 0.29) is 18.3 Å². The molecule has 0 saturated carbocycles. The summed E-state index contributed by atoms with van der Waals surface area (Å²) in [5.74, 6) is 2.09. The third kappa shape index (κ3) is 5.11. The normalized spacial score (nSPS) is 11.5. The van der Waals surface area contributed by atoms with E-state index in [1.165, 1.54) is 28.8 Å². The number of hydrogen-bond acceptors (Lipinski definition) is 3. The van der Waals surface area contributed by atoms with Crippen molar-refractivity contribution in [3.8, 4) is 11.1 Å². The van der Waals surface area contributed by atoms with E-state index < -0.39 is 0 Å². The van der Waals surface area contributed by atoms with Gasteiger partial charge in [0.1, 0.15) is 5.82 Å².